The molecule has 1 aromatic heterocycles. The fourth-order valence-electron chi connectivity index (χ4n) is 2.27. The second kappa shape index (κ2) is 7.27. The van der Waals surface area contributed by atoms with Gasteiger partial charge in [0.05, 0.1) is 6.54 Å². The van der Waals surface area contributed by atoms with Crippen LogP contribution < -0.4 is 5.32 Å². The second-order valence-electron chi connectivity index (χ2n) is 4.97. The van der Waals surface area contributed by atoms with E-state index < -0.39 is 5.82 Å². The van der Waals surface area contributed by atoms with Gasteiger partial charge in [0, 0.05) is 11.3 Å². The Morgan fingerprint density at radius 3 is 2.67 bits per heavy atom. The highest BCUT2D eigenvalue weighted by molar-refractivity contribution is 7.98. The zero-order chi connectivity index (χ0) is 16.9. The molecule has 0 radical (unpaired) electrons. The summed E-state index contributed by atoms with van der Waals surface area (Å²) in [5.74, 6) is -0.196. The lowest BCUT2D eigenvalue weighted by Crippen LogP contribution is -2.24. The van der Waals surface area contributed by atoms with E-state index in [9.17, 15) is 9.18 Å². The number of hydrogen-bond acceptors (Lipinski definition) is 4. The number of benzene rings is 2. The Bertz CT molecular complexity index is 851. The van der Waals surface area contributed by atoms with Crippen molar-refractivity contribution >= 4 is 17.7 Å². The first-order chi connectivity index (χ1) is 11.7. The number of nitrogens with zero attached hydrogens (tertiary/aromatic N) is 3. The first-order valence-corrected chi connectivity index (χ1v) is 8.49. The van der Waals surface area contributed by atoms with Gasteiger partial charge in [-0.25, -0.2) is 4.39 Å². The van der Waals surface area contributed by atoms with Crippen LogP contribution in [0.25, 0.3) is 5.69 Å². The van der Waals surface area contributed by atoms with Gasteiger partial charge in [-0.2, -0.15) is 0 Å². The van der Waals surface area contributed by atoms with Crippen molar-refractivity contribution in [2.24, 2.45) is 0 Å². The van der Waals surface area contributed by atoms with Crippen LogP contribution in [0.1, 0.15) is 16.2 Å². The Labute approximate surface area is 142 Å². The third-order valence-electron chi connectivity index (χ3n) is 3.39. The fourth-order valence-corrected chi connectivity index (χ4v) is 2.79. The number of carbonyl (C=O) groups excluding carboxylic acids is 1. The monoisotopic (exact) mass is 342 g/mol. The number of nitrogens with one attached hydrogen (secondary N) is 1. The number of rotatable bonds is 5. The molecule has 0 atom stereocenters. The Morgan fingerprint density at radius 1 is 1.17 bits per heavy atom. The lowest BCUT2D eigenvalue weighted by Gasteiger charge is -2.10. The summed E-state index contributed by atoms with van der Waals surface area (Å²) in [7, 11) is 0. The van der Waals surface area contributed by atoms with Crippen LogP contribution >= 0.6 is 11.8 Å². The van der Waals surface area contributed by atoms with E-state index in [0.717, 1.165) is 10.8 Å². The van der Waals surface area contributed by atoms with E-state index in [0.29, 0.717) is 5.82 Å². The van der Waals surface area contributed by atoms with E-state index in [-0.39, 0.29) is 18.0 Å². The number of thioether (sulfide) groups is 1. The van der Waals surface area contributed by atoms with Crippen LogP contribution in [0.5, 0.6) is 0 Å². The molecular formula is C17H15FN4OS. The topological polar surface area (TPSA) is 59.8 Å². The van der Waals surface area contributed by atoms with Crippen LogP contribution in [0.15, 0.2) is 59.8 Å². The van der Waals surface area contributed by atoms with E-state index in [1.807, 2.05) is 41.2 Å². The average Bonchev–Trinajstić information content (AvgIpc) is 3.03. The van der Waals surface area contributed by atoms with Crippen LogP contribution in [-0.4, -0.2) is 26.9 Å². The smallest absolute Gasteiger partial charge is 0.251 e. The molecule has 122 valence electrons. The minimum Gasteiger partial charge on any atom is -0.345 e. The molecule has 0 saturated heterocycles. The average molecular weight is 342 g/mol. The summed E-state index contributed by atoms with van der Waals surface area (Å²) in [6.07, 6.45) is 1.92. The molecular weight excluding hydrogens is 327 g/mol. The van der Waals surface area contributed by atoms with Crippen LogP contribution in [0.2, 0.25) is 0 Å². The molecule has 0 aliphatic carbocycles. The third kappa shape index (κ3) is 3.46. The van der Waals surface area contributed by atoms with Crippen molar-refractivity contribution < 1.29 is 9.18 Å². The summed E-state index contributed by atoms with van der Waals surface area (Å²) in [5, 5.41) is 11.8. The van der Waals surface area contributed by atoms with Gasteiger partial charge in [0.25, 0.3) is 5.91 Å². The third-order valence-corrected chi connectivity index (χ3v) is 4.02. The highest BCUT2D eigenvalue weighted by Gasteiger charge is 2.14. The van der Waals surface area contributed by atoms with Crippen molar-refractivity contribution in [3.63, 3.8) is 0 Å². The normalized spacial score (nSPS) is 10.6. The molecule has 5 nitrogen and oxygen atoms in total. The van der Waals surface area contributed by atoms with Gasteiger partial charge in [0.2, 0.25) is 0 Å². The molecule has 0 fully saturated rings. The summed E-state index contributed by atoms with van der Waals surface area (Å²) < 4.78 is 15.1. The molecule has 3 aromatic rings. The van der Waals surface area contributed by atoms with Crippen LogP contribution in [0, 0.1) is 5.82 Å². The predicted molar refractivity (Wildman–Crippen MR) is 90.7 cm³/mol. The molecule has 1 heterocycles. The molecule has 2 aromatic carbocycles. The van der Waals surface area contributed by atoms with Crippen LogP contribution in [-0.2, 0) is 6.54 Å². The molecule has 0 bridgehead atoms. The Morgan fingerprint density at radius 2 is 1.96 bits per heavy atom. The number of amides is 1. The molecule has 0 unspecified atom stereocenters. The highest BCUT2D eigenvalue weighted by Crippen LogP contribution is 2.19. The van der Waals surface area contributed by atoms with Gasteiger partial charge in [-0.3, -0.25) is 9.36 Å². The maximum absolute atomic E-state index is 13.2. The summed E-state index contributed by atoms with van der Waals surface area (Å²) >= 11 is 1.47. The standard InChI is InChI=1S/C17H15FN4OS/c1-24-17-21-20-15(22(17)14-8-3-2-4-9-14)11-19-16(23)12-6-5-7-13(18)10-12/h2-10H,11H2,1H3,(H,19,23). The minimum absolute atomic E-state index is 0.192. The molecule has 24 heavy (non-hydrogen) atoms. The number of carbonyl (C=O) groups is 1. The molecule has 0 spiro atoms. The molecule has 0 aliphatic rings. The van der Waals surface area contributed by atoms with Crippen molar-refractivity contribution in [2.75, 3.05) is 6.26 Å². The Kier molecular flexibility index (Phi) is 4.90. The zero-order valence-corrected chi connectivity index (χ0v) is 13.8. The van der Waals surface area contributed by atoms with E-state index in [2.05, 4.69) is 15.5 Å². The Balaban J connectivity index is 1.81. The fraction of sp³-hybridized carbons (Fsp3) is 0.118. The molecule has 1 N–H and O–H groups in total. The summed E-state index contributed by atoms with van der Waals surface area (Å²) in [6.45, 7) is 0.192. The van der Waals surface area contributed by atoms with Gasteiger partial charge in [-0.1, -0.05) is 36.0 Å². The minimum atomic E-state index is -0.445. The maximum atomic E-state index is 13.2. The first kappa shape index (κ1) is 16.2. The summed E-state index contributed by atoms with van der Waals surface area (Å²) in [4.78, 5) is 12.2. The lowest BCUT2D eigenvalue weighted by molar-refractivity contribution is 0.0949. The quantitative estimate of drug-likeness (QED) is 0.724. The molecule has 7 heteroatoms. The second-order valence-corrected chi connectivity index (χ2v) is 5.74. The van der Waals surface area contributed by atoms with Crippen LogP contribution in [0.4, 0.5) is 4.39 Å². The molecule has 3 rings (SSSR count). The Hall–Kier alpha value is -2.67. The van der Waals surface area contributed by atoms with Gasteiger partial charge in [-0.15, -0.1) is 10.2 Å². The van der Waals surface area contributed by atoms with Gasteiger partial charge < -0.3 is 5.32 Å². The van der Waals surface area contributed by atoms with Crippen molar-refractivity contribution in [1.29, 1.82) is 0 Å². The zero-order valence-electron chi connectivity index (χ0n) is 12.9. The lowest BCUT2D eigenvalue weighted by atomic mass is 10.2. The number of para-hydroxylation sites is 1. The summed E-state index contributed by atoms with van der Waals surface area (Å²) in [6, 6.07) is 15.2. The predicted octanol–water partition coefficient (Wildman–Crippen LogP) is 3.06. The number of aromatic nitrogens is 3. The maximum Gasteiger partial charge on any atom is 0.251 e. The van der Waals surface area contributed by atoms with E-state index in [1.165, 1.54) is 30.0 Å². The van der Waals surface area contributed by atoms with Crippen LogP contribution in [0.3, 0.4) is 0 Å². The van der Waals surface area contributed by atoms with E-state index >= 15 is 0 Å². The summed E-state index contributed by atoms with van der Waals surface area (Å²) in [5.41, 5.74) is 1.19. The molecule has 1 amide bonds. The van der Waals surface area contributed by atoms with Gasteiger partial charge in [0.1, 0.15) is 5.82 Å². The SMILES string of the molecule is CSc1nnc(CNC(=O)c2cccc(F)c2)n1-c1ccccc1. The van der Waals surface area contributed by atoms with Crippen molar-refractivity contribution in [3.05, 3.63) is 71.8 Å². The first-order valence-electron chi connectivity index (χ1n) is 7.26. The van der Waals surface area contributed by atoms with Crippen molar-refractivity contribution in [1.82, 2.24) is 20.1 Å². The van der Waals surface area contributed by atoms with Crippen molar-refractivity contribution in [3.8, 4) is 5.69 Å². The van der Waals surface area contributed by atoms with Gasteiger partial charge >= 0.3 is 0 Å². The molecule has 0 saturated carbocycles. The molecule has 0 aliphatic heterocycles. The van der Waals surface area contributed by atoms with E-state index in [1.54, 1.807) is 6.07 Å². The van der Waals surface area contributed by atoms with Gasteiger partial charge in [0.15, 0.2) is 11.0 Å². The van der Waals surface area contributed by atoms with Gasteiger partial charge in [-0.05, 0) is 36.6 Å². The highest BCUT2D eigenvalue weighted by atomic mass is 32.2. The largest absolute Gasteiger partial charge is 0.345 e. The van der Waals surface area contributed by atoms with Crippen molar-refractivity contribution in [2.45, 2.75) is 11.7 Å². The van der Waals surface area contributed by atoms with E-state index in [4.69, 9.17) is 0 Å². The number of halogens is 1. The number of hydrogen-bond donors (Lipinski definition) is 1.